The number of carbonyl (C=O) groups excluding carboxylic acids is 2. The summed E-state index contributed by atoms with van der Waals surface area (Å²) >= 11 is 0. The van der Waals surface area contributed by atoms with Crippen molar-refractivity contribution in [3.63, 3.8) is 0 Å². The molecule has 16 heavy (non-hydrogen) atoms. The van der Waals surface area contributed by atoms with Gasteiger partial charge in [0.1, 0.15) is 0 Å². The summed E-state index contributed by atoms with van der Waals surface area (Å²) in [5.41, 5.74) is 2.17. The van der Waals surface area contributed by atoms with Gasteiger partial charge in [-0.3, -0.25) is 9.59 Å². The minimum Gasteiger partial charge on any atom is -0.383 e. The van der Waals surface area contributed by atoms with Gasteiger partial charge in [-0.1, -0.05) is 12.1 Å². The van der Waals surface area contributed by atoms with Gasteiger partial charge in [0.25, 0.3) is 11.7 Å². The van der Waals surface area contributed by atoms with E-state index in [1.54, 1.807) is 19.2 Å². The van der Waals surface area contributed by atoms with Gasteiger partial charge < -0.3 is 9.64 Å². The quantitative estimate of drug-likeness (QED) is 0.717. The molecular weight excluding hydrogens is 206 g/mol. The molecule has 2 rings (SSSR count). The Hall–Kier alpha value is -1.68. The predicted molar refractivity (Wildman–Crippen MR) is 59.7 cm³/mol. The number of carbonyl (C=O) groups is 2. The van der Waals surface area contributed by atoms with Crippen LogP contribution in [0.15, 0.2) is 18.2 Å². The third-order valence-corrected chi connectivity index (χ3v) is 2.71. The van der Waals surface area contributed by atoms with Crippen LogP contribution >= 0.6 is 0 Å². The summed E-state index contributed by atoms with van der Waals surface area (Å²) in [6, 6.07) is 5.37. The first-order valence-corrected chi connectivity index (χ1v) is 5.11. The van der Waals surface area contributed by atoms with Crippen molar-refractivity contribution in [3.8, 4) is 0 Å². The maximum atomic E-state index is 11.7. The molecule has 1 heterocycles. The van der Waals surface area contributed by atoms with E-state index in [-0.39, 0.29) is 0 Å². The molecule has 0 fully saturated rings. The second-order valence-corrected chi connectivity index (χ2v) is 3.75. The number of hydrogen-bond acceptors (Lipinski definition) is 3. The van der Waals surface area contributed by atoms with Crippen molar-refractivity contribution in [3.05, 3.63) is 29.3 Å². The second kappa shape index (κ2) is 4.06. The summed E-state index contributed by atoms with van der Waals surface area (Å²) in [4.78, 5) is 24.9. The van der Waals surface area contributed by atoms with Gasteiger partial charge in [-0.15, -0.1) is 0 Å². The summed E-state index contributed by atoms with van der Waals surface area (Å²) in [5.74, 6) is -0.879. The maximum Gasteiger partial charge on any atom is 0.299 e. The molecule has 0 aliphatic carbocycles. The molecule has 84 valence electrons. The molecule has 1 amide bonds. The molecule has 0 radical (unpaired) electrons. The number of nitrogens with zero attached hydrogens (tertiary/aromatic N) is 1. The average Bonchev–Trinajstić information content (AvgIpc) is 2.52. The van der Waals surface area contributed by atoms with E-state index in [9.17, 15) is 9.59 Å². The largest absolute Gasteiger partial charge is 0.383 e. The lowest BCUT2D eigenvalue weighted by Crippen LogP contribution is -2.32. The highest BCUT2D eigenvalue weighted by Crippen LogP contribution is 2.31. The Morgan fingerprint density at radius 3 is 2.75 bits per heavy atom. The van der Waals surface area contributed by atoms with Gasteiger partial charge in [0, 0.05) is 13.7 Å². The Bertz CT molecular complexity index is 454. The minimum atomic E-state index is -0.457. The van der Waals surface area contributed by atoms with Gasteiger partial charge in [0.05, 0.1) is 17.9 Å². The molecule has 1 aliphatic heterocycles. The van der Waals surface area contributed by atoms with Crippen molar-refractivity contribution in [2.75, 3.05) is 25.2 Å². The molecule has 0 saturated heterocycles. The smallest absolute Gasteiger partial charge is 0.299 e. The van der Waals surface area contributed by atoms with Crippen LogP contribution in [-0.2, 0) is 9.53 Å². The zero-order valence-corrected chi connectivity index (χ0v) is 9.32. The van der Waals surface area contributed by atoms with Crippen molar-refractivity contribution in [2.24, 2.45) is 0 Å². The molecule has 0 atom stereocenters. The number of anilines is 1. The molecule has 0 N–H and O–H groups in total. The number of benzene rings is 1. The minimum absolute atomic E-state index is 0.416. The molecule has 0 spiro atoms. The number of methoxy groups -OCH3 is 1. The molecule has 4 heteroatoms. The van der Waals surface area contributed by atoms with E-state index >= 15 is 0 Å². The zero-order valence-electron chi connectivity index (χ0n) is 9.32. The van der Waals surface area contributed by atoms with Gasteiger partial charge in [0.15, 0.2) is 0 Å². The monoisotopic (exact) mass is 219 g/mol. The Morgan fingerprint density at radius 1 is 1.31 bits per heavy atom. The molecular formula is C12H13NO3. The topological polar surface area (TPSA) is 46.6 Å². The molecule has 4 nitrogen and oxygen atoms in total. The maximum absolute atomic E-state index is 11.7. The van der Waals surface area contributed by atoms with Gasteiger partial charge in [-0.25, -0.2) is 0 Å². The summed E-state index contributed by atoms with van der Waals surface area (Å²) < 4.78 is 4.94. The summed E-state index contributed by atoms with van der Waals surface area (Å²) in [7, 11) is 1.57. The Morgan fingerprint density at radius 2 is 2.06 bits per heavy atom. The molecule has 1 aromatic carbocycles. The average molecular weight is 219 g/mol. The number of ether oxygens (including phenoxy) is 1. The number of hydrogen-bond donors (Lipinski definition) is 0. The predicted octanol–water partition coefficient (Wildman–Crippen LogP) is 1.17. The third kappa shape index (κ3) is 1.51. The molecule has 0 aromatic heterocycles. The fraction of sp³-hybridized carbons (Fsp3) is 0.333. The molecule has 1 aliphatic rings. The fourth-order valence-electron chi connectivity index (χ4n) is 1.94. The fourth-order valence-corrected chi connectivity index (χ4v) is 1.94. The van der Waals surface area contributed by atoms with Crippen LogP contribution in [-0.4, -0.2) is 32.0 Å². The zero-order chi connectivity index (χ0) is 11.7. The van der Waals surface area contributed by atoms with E-state index in [1.807, 2.05) is 13.0 Å². The molecule has 0 unspecified atom stereocenters. The van der Waals surface area contributed by atoms with Crippen LogP contribution in [0.1, 0.15) is 15.9 Å². The summed E-state index contributed by atoms with van der Waals surface area (Å²) in [6.45, 7) is 2.73. The van der Waals surface area contributed by atoms with Crippen LogP contribution in [0.3, 0.4) is 0 Å². The van der Waals surface area contributed by atoms with E-state index in [0.29, 0.717) is 18.7 Å². The molecule has 0 saturated carbocycles. The lowest BCUT2D eigenvalue weighted by atomic mass is 10.1. The van der Waals surface area contributed by atoms with Crippen LogP contribution in [0.4, 0.5) is 5.69 Å². The molecule has 0 bridgehead atoms. The highest BCUT2D eigenvalue weighted by atomic mass is 16.5. The number of rotatable bonds is 3. The lowest BCUT2D eigenvalue weighted by molar-refractivity contribution is -0.114. The number of Topliss-reactive ketones (excluding diaryl/α,β-unsaturated/α-hetero) is 1. The first-order chi connectivity index (χ1) is 7.66. The number of fused-ring (bicyclic) bond motifs is 1. The Labute approximate surface area is 93.8 Å². The number of aryl methyl sites for hydroxylation is 1. The van der Waals surface area contributed by atoms with E-state index in [4.69, 9.17) is 4.74 Å². The van der Waals surface area contributed by atoms with E-state index < -0.39 is 11.7 Å². The first kappa shape index (κ1) is 10.8. The van der Waals surface area contributed by atoms with Crippen molar-refractivity contribution < 1.29 is 14.3 Å². The van der Waals surface area contributed by atoms with Crippen molar-refractivity contribution >= 4 is 17.4 Å². The first-order valence-electron chi connectivity index (χ1n) is 5.11. The Balaban J connectivity index is 2.43. The van der Waals surface area contributed by atoms with Gasteiger partial charge in [-0.05, 0) is 18.6 Å². The number of para-hydroxylation sites is 1. The van der Waals surface area contributed by atoms with Crippen molar-refractivity contribution in [2.45, 2.75) is 6.92 Å². The number of ketones is 1. The standard InChI is InChI=1S/C12H13NO3/c1-8-4-3-5-9-10(8)13(6-7-16-2)12(15)11(9)14/h3-5H,6-7H2,1-2H3. The lowest BCUT2D eigenvalue weighted by Gasteiger charge is -2.17. The van der Waals surface area contributed by atoms with Crippen LogP contribution in [0.25, 0.3) is 0 Å². The van der Waals surface area contributed by atoms with Gasteiger partial charge in [0.2, 0.25) is 0 Å². The van der Waals surface area contributed by atoms with Gasteiger partial charge in [-0.2, -0.15) is 0 Å². The van der Waals surface area contributed by atoms with Crippen molar-refractivity contribution in [1.29, 1.82) is 0 Å². The van der Waals surface area contributed by atoms with E-state index in [2.05, 4.69) is 0 Å². The van der Waals surface area contributed by atoms with Crippen LogP contribution in [0, 0.1) is 6.92 Å². The van der Waals surface area contributed by atoms with Gasteiger partial charge >= 0.3 is 0 Å². The van der Waals surface area contributed by atoms with E-state index in [0.717, 1.165) is 11.3 Å². The summed E-state index contributed by atoms with van der Waals surface area (Å²) in [6.07, 6.45) is 0. The highest BCUT2D eigenvalue weighted by Gasteiger charge is 2.36. The van der Waals surface area contributed by atoms with Crippen molar-refractivity contribution in [1.82, 2.24) is 0 Å². The number of amides is 1. The summed E-state index contributed by atoms with van der Waals surface area (Å²) in [5, 5.41) is 0. The second-order valence-electron chi connectivity index (χ2n) is 3.75. The third-order valence-electron chi connectivity index (χ3n) is 2.71. The highest BCUT2D eigenvalue weighted by molar-refractivity contribution is 6.52. The normalized spacial score (nSPS) is 14.5. The van der Waals surface area contributed by atoms with Crippen LogP contribution in [0.5, 0.6) is 0 Å². The van der Waals surface area contributed by atoms with Crippen LogP contribution in [0.2, 0.25) is 0 Å². The Kier molecular flexibility index (Phi) is 2.75. The van der Waals surface area contributed by atoms with E-state index in [1.165, 1.54) is 4.90 Å². The SMILES string of the molecule is COCCN1C(=O)C(=O)c2cccc(C)c21. The molecule has 1 aromatic rings. The van der Waals surface area contributed by atoms with Crippen LogP contribution < -0.4 is 4.90 Å².